The van der Waals surface area contributed by atoms with Crippen LogP contribution in [0.4, 0.5) is 0 Å². The van der Waals surface area contributed by atoms with Crippen LogP contribution in [0.3, 0.4) is 0 Å². The summed E-state index contributed by atoms with van der Waals surface area (Å²) in [6, 6.07) is 10.4. The Morgan fingerprint density at radius 3 is 2.62 bits per heavy atom. The number of rotatable bonds is 1. The van der Waals surface area contributed by atoms with E-state index in [1.165, 1.54) is 5.56 Å². The molecule has 0 aromatic heterocycles. The van der Waals surface area contributed by atoms with Crippen molar-refractivity contribution in [3.8, 4) is 0 Å². The van der Waals surface area contributed by atoms with Crippen molar-refractivity contribution in [1.29, 1.82) is 0 Å². The molecule has 0 fully saturated rings. The van der Waals surface area contributed by atoms with Crippen molar-refractivity contribution in [2.75, 3.05) is 0 Å². The highest BCUT2D eigenvalue weighted by atomic mass is 32.1. The van der Waals surface area contributed by atoms with E-state index >= 15 is 0 Å². The zero-order valence-corrected chi connectivity index (χ0v) is 7.84. The Morgan fingerprint density at radius 2 is 1.92 bits per heavy atom. The fourth-order valence-corrected chi connectivity index (χ4v) is 1.50. The molecule has 1 unspecified atom stereocenters. The van der Waals surface area contributed by atoms with Gasteiger partial charge < -0.3 is 10.6 Å². The molecule has 1 aromatic carbocycles. The zero-order valence-electron chi connectivity index (χ0n) is 7.03. The van der Waals surface area contributed by atoms with Crippen molar-refractivity contribution >= 4 is 17.3 Å². The van der Waals surface area contributed by atoms with Gasteiger partial charge in [0.2, 0.25) is 0 Å². The first-order valence-corrected chi connectivity index (χ1v) is 4.56. The average molecular weight is 190 g/mol. The molecule has 1 aliphatic rings. The summed E-state index contributed by atoms with van der Waals surface area (Å²) in [6.07, 6.45) is 3.92. The summed E-state index contributed by atoms with van der Waals surface area (Å²) in [5.41, 5.74) is 1.22. The molecule has 66 valence electrons. The summed E-state index contributed by atoms with van der Waals surface area (Å²) >= 11 is 5.01. The highest BCUT2D eigenvalue weighted by molar-refractivity contribution is 7.80. The molecule has 0 radical (unpaired) electrons. The first-order chi connectivity index (χ1) is 6.36. The molecule has 0 saturated heterocycles. The van der Waals surface area contributed by atoms with Crippen LogP contribution < -0.4 is 10.6 Å². The van der Waals surface area contributed by atoms with Crippen molar-refractivity contribution in [3.63, 3.8) is 0 Å². The van der Waals surface area contributed by atoms with Crippen molar-refractivity contribution in [3.05, 3.63) is 48.2 Å². The van der Waals surface area contributed by atoms with Gasteiger partial charge in [-0.15, -0.1) is 0 Å². The predicted octanol–water partition coefficient (Wildman–Crippen LogP) is 1.72. The molecule has 1 aromatic rings. The molecule has 0 saturated carbocycles. The van der Waals surface area contributed by atoms with Crippen LogP contribution in [0.5, 0.6) is 0 Å². The van der Waals surface area contributed by atoms with E-state index in [0.29, 0.717) is 5.11 Å². The first kappa shape index (κ1) is 8.26. The van der Waals surface area contributed by atoms with E-state index in [1.807, 2.05) is 30.5 Å². The van der Waals surface area contributed by atoms with Crippen LogP contribution in [0.1, 0.15) is 11.6 Å². The Bertz CT molecular complexity index is 332. The lowest BCUT2D eigenvalue weighted by Gasteiger charge is -2.21. The van der Waals surface area contributed by atoms with Gasteiger partial charge in [-0.3, -0.25) is 0 Å². The summed E-state index contributed by atoms with van der Waals surface area (Å²) in [7, 11) is 0. The van der Waals surface area contributed by atoms with Gasteiger partial charge in [-0.1, -0.05) is 30.3 Å². The standard InChI is InChI=1S/C10H10N2S/c13-10-11-7-6-9(12-10)8-4-2-1-3-5-8/h1-7,9H,(H2,11,12,13). The third-order valence-corrected chi connectivity index (χ3v) is 2.18. The number of benzene rings is 1. The van der Waals surface area contributed by atoms with Crippen LogP contribution in [0.15, 0.2) is 42.6 Å². The molecule has 2 nitrogen and oxygen atoms in total. The quantitative estimate of drug-likeness (QED) is 0.659. The van der Waals surface area contributed by atoms with E-state index in [1.54, 1.807) is 0 Å². The van der Waals surface area contributed by atoms with Crippen LogP contribution in [-0.4, -0.2) is 5.11 Å². The Morgan fingerprint density at radius 1 is 1.15 bits per heavy atom. The van der Waals surface area contributed by atoms with Gasteiger partial charge in [0.25, 0.3) is 0 Å². The molecule has 0 aliphatic carbocycles. The fourth-order valence-electron chi connectivity index (χ4n) is 1.31. The Hall–Kier alpha value is -1.35. The predicted molar refractivity (Wildman–Crippen MR) is 57.2 cm³/mol. The molecule has 3 heteroatoms. The van der Waals surface area contributed by atoms with Gasteiger partial charge in [-0.05, 0) is 23.9 Å². The van der Waals surface area contributed by atoms with E-state index in [-0.39, 0.29) is 6.04 Å². The molecule has 2 rings (SSSR count). The summed E-state index contributed by atoms with van der Waals surface area (Å²) < 4.78 is 0. The van der Waals surface area contributed by atoms with Gasteiger partial charge in [-0.25, -0.2) is 0 Å². The van der Waals surface area contributed by atoms with Gasteiger partial charge in [-0.2, -0.15) is 0 Å². The Labute approximate surface area is 82.7 Å². The molecule has 1 heterocycles. The lowest BCUT2D eigenvalue weighted by atomic mass is 10.1. The van der Waals surface area contributed by atoms with Crippen molar-refractivity contribution in [2.24, 2.45) is 0 Å². The highest BCUT2D eigenvalue weighted by Crippen LogP contribution is 2.14. The van der Waals surface area contributed by atoms with Crippen LogP contribution in [0.2, 0.25) is 0 Å². The van der Waals surface area contributed by atoms with Gasteiger partial charge in [0, 0.05) is 6.20 Å². The van der Waals surface area contributed by atoms with E-state index < -0.39 is 0 Å². The highest BCUT2D eigenvalue weighted by Gasteiger charge is 2.10. The molecule has 13 heavy (non-hydrogen) atoms. The fraction of sp³-hybridized carbons (Fsp3) is 0.100. The maximum absolute atomic E-state index is 5.01. The average Bonchev–Trinajstić information content (AvgIpc) is 2.19. The lowest BCUT2D eigenvalue weighted by molar-refractivity contribution is 0.758. The normalized spacial score (nSPS) is 20.6. The van der Waals surface area contributed by atoms with E-state index in [9.17, 15) is 0 Å². The first-order valence-electron chi connectivity index (χ1n) is 4.15. The Kier molecular flexibility index (Phi) is 2.27. The molecule has 0 spiro atoms. The zero-order chi connectivity index (χ0) is 9.10. The minimum absolute atomic E-state index is 0.204. The second-order valence-corrected chi connectivity index (χ2v) is 3.27. The number of hydrogen-bond acceptors (Lipinski definition) is 1. The molecular formula is C10H10N2S. The summed E-state index contributed by atoms with van der Waals surface area (Å²) in [4.78, 5) is 0. The van der Waals surface area contributed by atoms with Gasteiger partial charge in [0.15, 0.2) is 5.11 Å². The lowest BCUT2D eigenvalue weighted by Crippen LogP contribution is -2.37. The number of hydrogen-bond donors (Lipinski definition) is 2. The Balaban J connectivity index is 2.22. The maximum atomic E-state index is 5.01. The van der Waals surface area contributed by atoms with Crippen LogP contribution in [0, 0.1) is 0 Å². The van der Waals surface area contributed by atoms with Crippen molar-refractivity contribution in [1.82, 2.24) is 10.6 Å². The van der Waals surface area contributed by atoms with Crippen molar-refractivity contribution in [2.45, 2.75) is 6.04 Å². The van der Waals surface area contributed by atoms with Gasteiger partial charge in [0.05, 0.1) is 6.04 Å². The van der Waals surface area contributed by atoms with Gasteiger partial charge >= 0.3 is 0 Å². The molecule has 0 amide bonds. The molecule has 2 N–H and O–H groups in total. The largest absolute Gasteiger partial charge is 0.352 e. The third kappa shape index (κ3) is 1.87. The minimum Gasteiger partial charge on any atom is -0.352 e. The molecule has 1 atom stereocenters. The second-order valence-electron chi connectivity index (χ2n) is 2.87. The molecular weight excluding hydrogens is 180 g/mol. The van der Waals surface area contributed by atoms with E-state index in [2.05, 4.69) is 22.8 Å². The minimum atomic E-state index is 0.204. The monoisotopic (exact) mass is 190 g/mol. The third-order valence-electron chi connectivity index (χ3n) is 1.95. The van der Waals surface area contributed by atoms with E-state index in [4.69, 9.17) is 12.2 Å². The summed E-state index contributed by atoms with van der Waals surface area (Å²) in [5, 5.41) is 6.76. The molecule has 0 bridgehead atoms. The second kappa shape index (κ2) is 3.58. The topological polar surface area (TPSA) is 24.1 Å². The number of thiocarbonyl (C=S) groups is 1. The van der Waals surface area contributed by atoms with E-state index in [0.717, 1.165) is 0 Å². The van der Waals surface area contributed by atoms with Gasteiger partial charge in [0.1, 0.15) is 0 Å². The van der Waals surface area contributed by atoms with Crippen LogP contribution in [-0.2, 0) is 0 Å². The summed E-state index contributed by atoms with van der Waals surface area (Å²) in [6.45, 7) is 0. The smallest absolute Gasteiger partial charge is 0.171 e. The van der Waals surface area contributed by atoms with Crippen LogP contribution in [0.25, 0.3) is 0 Å². The van der Waals surface area contributed by atoms with Crippen molar-refractivity contribution < 1.29 is 0 Å². The summed E-state index contributed by atoms with van der Waals surface area (Å²) in [5.74, 6) is 0. The number of nitrogens with one attached hydrogen (secondary N) is 2. The molecule has 1 aliphatic heterocycles. The maximum Gasteiger partial charge on any atom is 0.171 e. The van der Waals surface area contributed by atoms with Crippen LogP contribution >= 0.6 is 12.2 Å². The SMILES string of the molecule is S=C1NC=CC(c2ccccc2)N1.